The van der Waals surface area contributed by atoms with Crippen molar-refractivity contribution in [3.63, 3.8) is 0 Å². The highest BCUT2D eigenvalue weighted by atomic mass is 16.5. The van der Waals surface area contributed by atoms with Gasteiger partial charge in [-0.2, -0.15) is 0 Å². The van der Waals surface area contributed by atoms with Gasteiger partial charge in [-0.15, -0.1) is 0 Å². The number of nitrogens with one attached hydrogen (secondary N) is 1. The molecule has 4 nitrogen and oxygen atoms in total. The van der Waals surface area contributed by atoms with Crippen molar-refractivity contribution in [2.24, 2.45) is 0 Å². The molecule has 0 radical (unpaired) electrons. The van der Waals surface area contributed by atoms with Crippen molar-refractivity contribution in [1.82, 2.24) is 10.2 Å². The summed E-state index contributed by atoms with van der Waals surface area (Å²) >= 11 is 0. The third-order valence-electron chi connectivity index (χ3n) is 3.23. The van der Waals surface area contributed by atoms with Crippen LogP contribution in [0.15, 0.2) is 24.3 Å². The summed E-state index contributed by atoms with van der Waals surface area (Å²) in [5.41, 5.74) is 0.995. The van der Waals surface area contributed by atoms with Crippen LogP contribution in [-0.4, -0.2) is 37.0 Å². The summed E-state index contributed by atoms with van der Waals surface area (Å²) in [6, 6.07) is 7.55. The second-order valence-corrected chi connectivity index (χ2v) is 5.24. The number of benzene rings is 1. The lowest BCUT2D eigenvalue weighted by Gasteiger charge is -2.20. The fourth-order valence-corrected chi connectivity index (χ4v) is 2.25. The number of likely N-dealkylation sites (N-methyl/N-ethyl adjacent to an activating group) is 1. The molecule has 1 amide bonds. The number of carbonyl (C=O) groups excluding carboxylic acids is 1. The highest BCUT2D eigenvalue weighted by molar-refractivity contribution is 5.83. The van der Waals surface area contributed by atoms with Crippen molar-refractivity contribution in [3.05, 3.63) is 29.8 Å². The first kappa shape index (κ1) is 13.9. The zero-order chi connectivity index (χ0) is 13.8. The first-order valence-electron chi connectivity index (χ1n) is 6.83. The molecule has 1 fully saturated rings. The number of amides is 1. The zero-order valence-corrected chi connectivity index (χ0v) is 11.8. The summed E-state index contributed by atoms with van der Waals surface area (Å²) in [6.07, 6.45) is 1.16. The van der Waals surface area contributed by atoms with Gasteiger partial charge in [0.15, 0.2) is 0 Å². The fourth-order valence-electron chi connectivity index (χ4n) is 2.25. The molecular formula is C15H22N2O2. The third-order valence-corrected chi connectivity index (χ3v) is 3.23. The highest BCUT2D eigenvalue weighted by Crippen LogP contribution is 2.21. The maximum Gasteiger partial charge on any atom is 0.244 e. The van der Waals surface area contributed by atoms with Gasteiger partial charge in [0, 0.05) is 13.6 Å². The second kappa shape index (κ2) is 6.06. The monoisotopic (exact) mass is 262 g/mol. The number of nitrogens with zero attached hydrogens (tertiary/aromatic N) is 1. The fraction of sp³-hybridized carbons (Fsp3) is 0.533. The molecule has 0 aliphatic carbocycles. The van der Waals surface area contributed by atoms with Crippen LogP contribution in [0.25, 0.3) is 0 Å². The van der Waals surface area contributed by atoms with Crippen LogP contribution in [0.3, 0.4) is 0 Å². The van der Waals surface area contributed by atoms with Gasteiger partial charge in [-0.25, -0.2) is 0 Å². The normalized spacial score (nSPS) is 20.5. The molecule has 0 saturated carbocycles. The molecule has 1 atom stereocenters. The summed E-state index contributed by atoms with van der Waals surface area (Å²) in [5, 5.41) is 3.31. The Hall–Kier alpha value is -1.55. The maximum atomic E-state index is 12.2. The summed E-state index contributed by atoms with van der Waals surface area (Å²) in [6.45, 7) is 5.68. The molecule has 1 heterocycles. The van der Waals surface area contributed by atoms with Crippen LogP contribution in [0.4, 0.5) is 0 Å². The Morgan fingerprint density at radius 2 is 2.00 bits per heavy atom. The molecule has 0 spiro atoms. The first-order valence-corrected chi connectivity index (χ1v) is 6.83. The van der Waals surface area contributed by atoms with Crippen molar-refractivity contribution < 1.29 is 9.53 Å². The Morgan fingerprint density at radius 1 is 1.32 bits per heavy atom. The average Bonchev–Trinajstić information content (AvgIpc) is 2.53. The molecule has 1 saturated heterocycles. The molecule has 1 unspecified atom stereocenters. The molecule has 0 bridgehead atoms. The van der Waals surface area contributed by atoms with E-state index < -0.39 is 0 Å². The number of carbonyl (C=O) groups is 1. The van der Waals surface area contributed by atoms with Gasteiger partial charge in [-0.05, 0) is 44.5 Å². The van der Waals surface area contributed by atoms with E-state index in [0.717, 1.165) is 30.8 Å². The zero-order valence-electron chi connectivity index (χ0n) is 11.8. The molecule has 1 aliphatic heterocycles. The van der Waals surface area contributed by atoms with Gasteiger partial charge >= 0.3 is 0 Å². The van der Waals surface area contributed by atoms with Gasteiger partial charge in [-0.3, -0.25) is 4.79 Å². The lowest BCUT2D eigenvalue weighted by atomic mass is 10.1. The van der Waals surface area contributed by atoms with E-state index in [1.54, 1.807) is 4.90 Å². The van der Waals surface area contributed by atoms with Crippen LogP contribution in [0.1, 0.15) is 31.9 Å². The van der Waals surface area contributed by atoms with Crippen LogP contribution in [-0.2, 0) is 4.79 Å². The average molecular weight is 262 g/mol. The van der Waals surface area contributed by atoms with Crippen LogP contribution < -0.4 is 10.1 Å². The van der Waals surface area contributed by atoms with Gasteiger partial charge in [0.05, 0.1) is 6.10 Å². The minimum atomic E-state index is -0.236. The van der Waals surface area contributed by atoms with Crippen molar-refractivity contribution in [3.8, 4) is 5.75 Å². The van der Waals surface area contributed by atoms with E-state index in [1.807, 2.05) is 45.2 Å². The van der Waals surface area contributed by atoms with Crippen LogP contribution in [0.2, 0.25) is 0 Å². The Kier molecular flexibility index (Phi) is 4.43. The van der Waals surface area contributed by atoms with E-state index in [9.17, 15) is 4.79 Å². The van der Waals surface area contributed by atoms with Crippen molar-refractivity contribution in [1.29, 1.82) is 0 Å². The molecule has 104 valence electrons. The molecular weight excluding hydrogens is 240 g/mol. The predicted octanol–water partition coefficient (Wildman–Crippen LogP) is 1.97. The number of rotatable bonds is 3. The molecule has 19 heavy (non-hydrogen) atoms. The summed E-state index contributed by atoms with van der Waals surface area (Å²) in [4.78, 5) is 14.0. The standard InChI is InChI=1S/C15H22N2O2/c1-11(2)19-13-7-5-12(6-8-13)14-15(18)17(3)10-4-9-16-14/h5-8,11,14,16H,4,9-10H2,1-3H3. The Morgan fingerprint density at radius 3 is 2.63 bits per heavy atom. The lowest BCUT2D eigenvalue weighted by Crippen LogP contribution is -2.35. The van der Waals surface area contributed by atoms with Gasteiger partial charge in [0.2, 0.25) is 5.91 Å². The molecule has 1 N–H and O–H groups in total. The molecule has 1 aromatic rings. The van der Waals surface area contributed by atoms with Gasteiger partial charge in [-0.1, -0.05) is 12.1 Å². The quantitative estimate of drug-likeness (QED) is 0.905. The Bertz CT molecular complexity index is 428. The first-order chi connectivity index (χ1) is 9.08. The maximum absolute atomic E-state index is 12.2. The van der Waals surface area contributed by atoms with Crippen molar-refractivity contribution in [2.45, 2.75) is 32.4 Å². The van der Waals surface area contributed by atoms with Crippen molar-refractivity contribution in [2.75, 3.05) is 20.1 Å². The molecule has 4 heteroatoms. The highest BCUT2D eigenvalue weighted by Gasteiger charge is 2.25. The van der Waals surface area contributed by atoms with E-state index in [-0.39, 0.29) is 18.1 Å². The SMILES string of the molecule is CC(C)Oc1ccc(C2NCCCN(C)C2=O)cc1. The number of hydrogen-bond acceptors (Lipinski definition) is 3. The Labute approximate surface area is 114 Å². The van der Waals surface area contributed by atoms with E-state index in [0.29, 0.717) is 0 Å². The Balaban J connectivity index is 2.14. The van der Waals surface area contributed by atoms with Gasteiger partial charge in [0.1, 0.15) is 11.8 Å². The van der Waals surface area contributed by atoms with E-state index in [1.165, 1.54) is 0 Å². The van der Waals surface area contributed by atoms with E-state index in [2.05, 4.69) is 5.32 Å². The van der Waals surface area contributed by atoms with Crippen LogP contribution >= 0.6 is 0 Å². The minimum Gasteiger partial charge on any atom is -0.491 e. The molecule has 1 aliphatic rings. The largest absolute Gasteiger partial charge is 0.491 e. The summed E-state index contributed by atoms with van der Waals surface area (Å²) in [5.74, 6) is 0.975. The molecule has 1 aromatic carbocycles. The second-order valence-electron chi connectivity index (χ2n) is 5.24. The number of hydrogen-bond donors (Lipinski definition) is 1. The molecule has 2 rings (SSSR count). The molecule has 0 aromatic heterocycles. The number of ether oxygens (including phenoxy) is 1. The van der Waals surface area contributed by atoms with E-state index in [4.69, 9.17) is 4.74 Å². The minimum absolute atomic E-state index is 0.134. The third kappa shape index (κ3) is 3.47. The van der Waals surface area contributed by atoms with Gasteiger partial charge < -0.3 is 15.0 Å². The smallest absolute Gasteiger partial charge is 0.244 e. The van der Waals surface area contributed by atoms with Crippen molar-refractivity contribution >= 4 is 5.91 Å². The lowest BCUT2D eigenvalue weighted by molar-refractivity contribution is -0.131. The predicted molar refractivity (Wildman–Crippen MR) is 75.2 cm³/mol. The summed E-state index contributed by atoms with van der Waals surface area (Å²) in [7, 11) is 1.86. The van der Waals surface area contributed by atoms with Crippen LogP contribution in [0, 0.1) is 0 Å². The van der Waals surface area contributed by atoms with Crippen LogP contribution in [0.5, 0.6) is 5.75 Å². The topological polar surface area (TPSA) is 41.6 Å². The van der Waals surface area contributed by atoms with Gasteiger partial charge in [0.25, 0.3) is 0 Å². The summed E-state index contributed by atoms with van der Waals surface area (Å²) < 4.78 is 5.61. The van der Waals surface area contributed by atoms with E-state index >= 15 is 0 Å².